The van der Waals surface area contributed by atoms with Crippen LogP contribution in [0.15, 0.2) is 77.7 Å². The number of amides is 2. The highest BCUT2D eigenvalue weighted by atomic mass is 32.2. The van der Waals surface area contributed by atoms with Crippen molar-refractivity contribution < 1.29 is 27.5 Å². The van der Waals surface area contributed by atoms with Gasteiger partial charge in [-0.3, -0.25) is 9.59 Å². The van der Waals surface area contributed by atoms with Crippen molar-refractivity contribution in [2.75, 3.05) is 36.5 Å². The molecule has 2 amide bonds. The van der Waals surface area contributed by atoms with E-state index in [-0.39, 0.29) is 10.8 Å². The normalized spacial score (nSPS) is 18.1. The first-order valence-corrected chi connectivity index (χ1v) is 13.4. The number of fused-ring (bicyclic) bond motifs is 1. The van der Waals surface area contributed by atoms with E-state index in [1.807, 2.05) is 30.3 Å². The van der Waals surface area contributed by atoms with Crippen LogP contribution < -0.4 is 15.0 Å². The van der Waals surface area contributed by atoms with Gasteiger partial charge in [0.25, 0.3) is 11.8 Å². The van der Waals surface area contributed by atoms with Crippen LogP contribution in [0.3, 0.4) is 0 Å². The molecular weight excluding hydrogens is 494 g/mol. The minimum Gasteiger partial charge on any atom is -0.479 e. The van der Waals surface area contributed by atoms with Crippen molar-refractivity contribution in [2.45, 2.75) is 24.5 Å². The van der Waals surface area contributed by atoms with Crippen molar-refractivity contribution in [1.82, 2.24) is 4.31 Å². The smallest absolute Gasteiger partial charge is 0.268 e. The van der Waals surface area contributed by atoms with Gasteiger partial charge in [-0.1, -0.05) is 30.3 Å². The van der Waals surface area contributed by atoms with E-state index < -0.39 is 22.0 Å². The van der Waals surface area contributed by atoms with Crippen LogP contribution in [-0.4, -0.2) is 56.9 Å². The van der Waals surface area contributed by atoms with Gasteiger partial charge in [-0.05, 0) is 55.0 Å². The van der Waals surface area contributed by atoms with Crippen molar-refractivity contribution in [3.8, 4) is 5.75 Å². The molecule has 3 aromatic rings. The second-order valence-electron chi connectivity index (χ2n) is 8.85. The maximum atomic E-state index is 12.9. The maximum Gasteiger partial charge on any atom is 0.268 e. The fourth-order valence-electron chi connectivity index (χ4n) is 4.33. The summed E-state index contributed by atoms with van der Waals surface area (Å²) in [5.41, 5.74) is 2.33. The molecule has 37 heavy (non-hydrogen) atoms. The number of hydrogen-bond donors (Lipinski definition) is 1. The minimum absolute atomic E-state index is 0.126. The fraction of sp³-hybridized carbons (Fsp3) is 0.259. The molecule has 1 atom stereocenters. The number of hydrogen-bond acceptors (Lipinski definition) is 6. The highest BCUT2D eigenvalue weighted by molar-refractivity contribution is 7.89. The number of benzene rings is 3. The number of nitrogens with one attached hydrogen (secondary N) is 1. The van der Waals surface area contributed by atoms with Gasteiger partial charge in [-0.2, -0.15) is 4.31 Å². The first-order chi connectivity index (χ1) is 17.8. The molecule has 0 aliphatic carbocycles. The SMILES string of the molecule is CC1Oc2ccc(NC(=O)c3ccc(S(=O)(=O)N4CCOCC4)cc3)cc2N(Cc2ccccc2)C1=O. The number of carbonyl (C=O) groups is 2. The third kappa shape index (κ3) is 5.22. The topological polar surface area (TPSA) is 105 Å². The number of sulfonamides is 1. The van der Waals surface area contributed by atoms with Crippen LogP contribution in [0.25, 0.3) is 0 Å². The Bertz CT molecular complexity index is 1400. The third-order valence-corrected chi connectivity index (χ3v) is 8.25. The molecule has 0 spiro atoms. The van der Waals surface area contributed by atoms with Gasteiger partial charge in [0.05, 0.1) is 30.3 Å². The Kier molecular flexibility index (Phi) is 6.96. The highest BCUT2D eigenvalue weighted by Gasteiger charge is 2.32. The lowest BCUT2D eigenvalue weighted by Gasteiger charge is -2.33. The third-order valence-electron chi connectivity index (χ3n) is 6.33. The molecule has 1 saturated heterocycles. The molecule has 1 N–H and O–H groups in total. The predicted octanol–water partition coefficient (Wildman–Crippen LogP) is 3.27. The van der Waals surface area contributed by atoms with Crippen molar-refractivity contribution >= 4 is 33.2 Å². The molecular formula is C27H27N3O6S. The maximum absolute atomic E-state index is 12.9. The summed E-state index contributed by atoms with van der Waals surface area (Å²) in [5, 5.41) is 2.83. The Hall–Kier alpha value is -3.73. The number of ether oxygens (including phenoxy) is 2. The predicted molar refractivity (Wildman–Crippen MR) is 138 cm³/mol. The van der Waals surface area contributed by atoms with E-state index in [2.05, 4.69) is 5.32 Å². The molecule has 9 nitrogen and oxygen atoms in total. The minimum atomic E-state index is -3.65. The Labute approximate surface area is 215 Å². The summed E-state index contributed by atoms with van der Waals surface area (Å²) in [6.07, 6.45) is -0.621. The van der Waals surface area contributed by atoms with Crippen LogP contribution in [0, 0.1) is 0 Å². The molecule has 1 fully saturated rings. The summed E-state index contributed by atoms with van der Waals surface area (Å²) in [6.45, 7) is 3.40. The zero-order valence-electron chi connectivity index (χ0n) is 20.3. The Balaban J connectivity index is 1.34. The van der Waals surface area contributed by atoms with E-state index in [4.69, 9.17) is 9.47 Å². The van der Waals surface area contributed by atoms with Gasteiger partial charge >= 0.3 is 0 Å². The van der Waals surface area contributed by atoms with Crippen LogP contribution >= 0.6 is 0 Å². The first-order valence-electron chi connectivity index (χ1n) is 12.0. The monoisotopic (exact) mass is 521 g/mol. The van der Waals surface area contributed by atoms with Crippen LogP contribution in [0.2, 0.25) is 0 Å². The standard InChI is InChI=1S/C27H27N3O6S/c1-19-27(32)30(18-20-5-3-2-4-6-20)24-17-22(9-12-25(24)36-19)28-26(31)21-7-10-23(11-8-21)37(33,34)29-13-15-35-16-14-29/h2-12,17,19H,13-16,18H2,1H3,(H,28,31). The second-order valence-corrected chi connectivity index (χ2v) is 10.8. The molecule has 5 rings (SSSR count). The van der Waals surface area contributed by atoms with Crippen LogP contribution in [-0.2, 0) is 26.1 Å². The summed E-state index contributed by atoms with van der Waals surface area (Å²) in [6, 6.07) is 20.6. The fourth-order valence-corrected chi connectivity index (χ4v) is 5.74. The summed E-state index contributed by atoms with van der Waals surface area (Å²) in [4.78, 5) is 27.6. The summed E-state index contributed by atoms with van der Waals surface area (Å²) < 4.78 is 38.1. The Morgan fingerprint density at radius 1 is 1.00 bits per heavy atom. The van der Waals surface area contributed by atoms with Gasteiger partial charge in [0.2, 0.25) is 10.0 Å². The number of anilines is 2. The van der Waals surface area contributed by atoms with Crippen molar-refractivity contribution in [2.24, 2.45) is 0 Å². The van der Waals surface area contributed by atoms with Crippen molar-refractivity contribution in [3.05, 3.63) is 83.9 Å². The van der Waals surface area contributed by atoms with Gasteiger partial charge in [0, 0.05) is 24.3 Å². The summed E-state index contributed by atoms with van der Waals surface area (Å²) in [7, 11) is -3.65. The second kappa shape index (κ2) is 10.3. The Morgan fingerprint density at radius 2 is 1.70 bits per heavy atom. The molecule has 3 aromatic carbocycles. The zero-order chi connectivity index (χ0) is 26.0. The molecule has 192 valence electrons. The molecule has 10 heteroatoms. The van der Waals surface area contributed by atoms with Gasteiger partial charge in [0.15, 0.2) is 6.10 Å². The number of carbonyl (C=O) groups excluding carboxylic acids is 2. The van der Waals surface area contributed by atoms with E-state index in [1.54, 1.807) is 30.0 Å². The molecule has 2 aliphatic rings. The average molecular weight is 522 g/mol. The van der Waals surface area contributed by atoms with Gasteiger partial charge in [-0.25, -0.2) is 8.42 Å². The quantitative estimate of drug-likeness (QED) is 0.534. The van der Waals surface area contributed by atoms with Crippen molar-refractivity contribution in [3.63, 3.8) is 0 Å². The van der Waals surface area contributed by atoms with Crippen LogP contribution in [0.1, 0.15) is 22.8 Å². The van der Waals surface area contributed by atoms with E-state index in [0.717, 1.165) is 5.56 Å². The lowest BCUT2D eigenvalue weighted by Crippen LogP contribution is -2.44. The van der Waals surface area contributed by atoms with E-state index in [9.17, 15) is 18.0 Å². The molecule has 0 radical (unpaired) electrons. The number of morpholine rings is 1. The van der Waals surface area contributed by atoms with Crippen molar-refractivity contribution in [1.29, 1.82) is 0 Å². The molecule has 0 saturated carbocycles. The molecule has 1 unspecified atom stereocenters. The number of nitrogens with zero attached hydrogens (tertiary/aromatic N) is 2. The van der Waals surface area contributed by atoms with E-state index in [1.165, 1.54) is 28.6 Å². The Morgan fingerprint density at radius 3 is 2.41 bits per heavy atom. The lowest BCUT2D eigenvalue weighted by atomic mass is 10.1. The van der Waals surface area contributed by atoms with Crippen LogP contribution in [0.5, 0.6) is 5.75 Å². The van der Waals surface area contributed by atoms with Gasteiger partial charge in [0.1, 0.15) is 5.75 Å². The highest BCUT2D eigenvalue weighted by Crippen LogP contribution is 2.37. The zero-order valence-corrected chi connectivity index (χ0v) is 21.1. The number of rotatable bonds is 6. The molecule has 2 aliphatic heterocycles. The van der Waals surface area contributed by atoms with E-state index >= 15 is 0 Å². The largest absolute Gasteiger partial charge is 0.479 e. The molecule has 0 aromatic heterocycles. The molecule has 2 heterocycles. The molecule has 0 bridgehead atoms. The van der Waals surface area contributed by atoms with Crippen LogP contribution in [0.4, 0.5) is 11.4 Å². The summed E-state index contributed by atoms with van der Waals surface area (Å²) in [5.74, 6) is -0.0168. The van der Waals surface area contributed by atoms with Gasteiger partial charge < -0.3 is 19.7 Å². The average Bonchev–Trinajstić information content (AvgIpc) is 2.92. The summed E-state index contributed by atoms with van der Waals surface area (Å²) >= 11 is 0. The first kappa shape index (κ1) is 24.9. The van der Waals surface area contributed by atoms with E-state index in [0.29, 0.717) is 55.5 Å². The lowest BCUT2D eigenvalue weighted by molar-refractivity contribution is -0.125. The van der Waals surface area contributed by atoms with Gasteiger partial charge in [-0.15, -0.1) is 0 Å².